The average molecular weight is 336 g/mol. The van der Waals surface area contributed by atoms with Crippen LogP contribution in [0.2, 0.25) is 0 Å². The predicted molar refractivity (Wildman–Crippen MR) is 96.4 cm³/mol. The van der Waals surface area contributed by atoms with Crippen molar-refractivity contribution in [3.8, 4) is 5.75 Å². The van der Waals surface area contributed by atoms with Crippen LogP contribution in [-0.2, 0) is 0 Å². The maximum absolute atomic E-state index is 6.09. The fourth-order valence-corrected chi connectivity index (χ4v) is 2.90. The van der Waals surface area contributed by atoms with Gasteiger partial charge in [-0.05, 0) is 32.0 Å². The van der Waals surface area contributed by atoms with Crippen molar-refractivity contribution < 1.29 is 4.74 Å². The van der Waals surface area contributed by atoms with Crippen molar-refractivity contribution in [3.63, 3.8) is 0 Å². The number of hydrogen-bond donors (Lipinski definition) is 2. The van der Waals surface area contributed by atoms with Gasteiger partial charge in [-0.25, -0.2) is 9.50 Å². The summed E-state index contributed by atoms with van der Waals surface area (Å²) in [6, 6.07) is 5.66. The molecule has 128 valence electrons. The SMILES string of the molecule is C=C1NC[C@H](C)Oc2cccnc2[C@@H](C)Nc2ccn3ncc1c3n2. The summed E-state index contributed by atoms with van der Waals surface area (Å²) in [7, 11) is 0. The Kier molecular flexibility index (Phi) is 3.76. The van der Waals surface area contributed by atoms with Gasteiger partial charge in [0.1, 0.15) is 23.4 Å². The number of hydrogen-bond acceptors (Lipinski definition) is 6. The Morgan fingerprint density at radius 2 is 2.20 bits per heavy atom. The predicted octanol–water partition coefficient (Wildman–Crippen LogP) is 2.64. The minimum atomic E-state index is -0.0540. The molecule has 4 heterocycles. The first-order valence-corrected chi connectivity index (χ1v) is 8.27. The molecule has 2 atom stereocenters. The van der Waals surface area contributed by atoms with Gasteiger partial charge in [0.2, 0.25) is 0 Å². The number of fused-ring (bicyclic) bond motifs is 2. The van der Waals surface area contributed by atoms with Crippen LogP contribution in [0.3, 0.4) is 0 Å². The summed E-state index contributed by atoms with van der Waals surface area (Å²) >= 11 is 0. The number of anilines is 1. The molecule has 25 heavy (non-hydrogen) atoms. The van der Waals surface area contributed by atoms with E-state index in [0.29, 0.717) is 6.54 Å². The zero-order chi connectivity index (χ0) is 17.4. The van der Waals surface area contributed by atoms with Crippen LogP contribution in [0.5, 0.6) is 5.75 Å². The standard InChI is InChI=1S/C18H20N6O/c1-11-9-20-12(2)14-10-21-24-8-6-16(23-18(14)24)22-13(3)17-15(25-11)5-4-7-19-17/h4-8,10-11,13,20H,2,9H2,1,3H3,(H,22,23)/t11-,13+/m0/s1. The molecule has 1 aliphatic rings. The van der Waals surface area contributed by atoms with E-state index in [2.05, 4.69) is 27.3 Å². The zero-order valence-electron chi connectivity index (χ0n) is 14.2. The van der Waals surface area contributed by atoms with Crippen molar-refractivity contribution in [3.05, 3.63) is 54.6 Å². The number of aromatic nitrogens is 4. The molecule has 0 saturated carbocycles. The monoisotopic (exact) mass is 336 g/mol. The van der Waals surface area contributed by atoms with Gasteiger partial charge in [0.15, 0.2) is 5.65 Å². The van der Waals surface area contributed by atoms with Crippen molar-refractivity contribution in [2.75, 3.05) is 11.9 Å². The zero-order valence-corrected chi connectivity index (χ0v) is 14.2. The molecular weight excluding hydrogens is 316 g/mol. The minimum absolute atomic E-state index is 0.0465. The lowest BCUT2D eigenvalue weighted by molar-refractivity contribution is 0.219. The molecule has 2 bridgehead atoms. The van der Waals surface area contributed by atoms with E-state index < -0.39 is 0 Å². The highest BCUT2D eigenvalue weighted by Gasteiger charge is 2.18. The molecule has 4 rings (SSSR count). The van der Waals surface area contributed by atoms with E-state index in [1.54, 1.807) is 16.9 Å². The molecule has 1 aliphatic heterocycles. The van der Waals surface area contributed by atoms with E-state index in [1.807, 2.05) is 38.2 Å². The Bertz CT molecular complexity index is 934. The van der Waals surface area contributed by atoms with E-state index in [0.717, 1.165) is 34.2 Å². The molecule has 3 aromatic rings. The second kappa shape index (κ2) is 6.08. The fourth-order valence-electron chi connectivity index (χ4n) is 2.90. The van der Waals surface area contributed by atoms with Crippen molar-refractivity contribution >= 4 is 17.2 Å². The lowest BCUT2D eigenvalue weighted by atomic mass is 10.2. The Labute approximate surface area is 145 Å². The Hall–Kier alpha value is -3.09. The summed E-state index contributed by atoms with van der Waals surface area (Å²) in [5.74, 6) is 1.52. The molecule has 7 nitrogen and oxygen atoms in total. The molecule has 2 N–H and O–H groups in total. The molecule has 7 heteroatoms. The Morgan fingerprint density at radius 3 is 3.08 bits per heavy atom. The van der Waals surface area contributed by atoms with E-state index in [4.69, 9.17) is 9.72 Å². The van der Waals surface area contributed by atoms with Gasteiger partial charge in [0, 0.05) is 18.1 Å². The fraction of sp³-hybridized carbons (Fsp3) is 0.278. The Balaban J connectivity index is 1.81. The average Bonchev–Trinajstić information content (AvgIpc) is 3.02. The maximum atomic E-state index is 6.09. The van der Waals surface area contributed by atoms with Gasteiger partial charge in [0.05, 0.1) is 24.3 Å². The van der Waals surface area contributed by atoms with E-state index >= 15 is 0 Å². The molecule has 0 amide bonds. The van der Waals surface area contributed by atoms with Crippen molar-refractivity contribution in [1.82, 2.24) is 24.9 Å². The van der Waals surface area contributed by atoms with Crippen LogP contribution in [0, 0.1) is 0 Å². The lowest BCUT2D eigenvalue weighted by Crippen LogP contribution is -2.28. The summed E-state index contributed by atoms with van der Waals surface area (Å²) in [5.41, 5.74) is 3.25. The van der Waals surface area contributed by atoms with Gasteiger partial charge in [-0.3, -0.25) is 4.98 Å². The molecule has 0 unspecified atom stereocenters. The van der Waals surface area contributed by atoms with Crippen LogP contribution in [-0.4, -0.2) is 32.2 Å². The summed E-state index contributed by atoms with van der Waals surface area (Å²) in [6.45, 7) is 8.79. The molecule has 0 fully saturated rings. The van der Waals surface area contributed by atoms with Gasteiger partial charge >= 0.3 is 0 Å². The highest BCUT2D eigenvalue weighted by molar-refractivity contribution is 5.73. The van der Waals surface area contributed by atoms with Crippen molar-refractivity contribution in [1.29, 1.82) is 0 Å². The summed E-state index contributed by atoms with van der Waals surface area (Å²) in [5, 5.41) is 11.0. The second-order valence-corrected chi connectivity index (χ2v) is 6.18. The quantitative estimate of drug-likeness (QED) is 0.657. The smallest absolute Gasteiger partial charge is 0.166 e. The van der Waals surface area contributed by atoms with Crippen molar-refractivity contribution in [2.24, 2.45) is 0 Å². The second-order valence-electron chi connectivity index (χ2n) is 6.18. The molecule has 0 saturated heterocycles. The normalized spacial score (nSPS) is 20.5. The molecule has 0 spiro atoms. The third-order valence-corrected chi connectivity index (χ3v) is 4.20. The Morgan fingerprint density at radius 1 is 1.32 bits per heavy atom. The number of nitrogens with zero attached hydrogens (tertiary/aromatic N) is 4. The largest absolute Gasteiger partial charge is 0.487 e. The number of rotatable bonds is 0. The van der Waals surface area contributed by atoms with Crippen LogP contribution < -0.4 is 15.4 Å². The lowest BCUT2D eigenvalue weighted by Gasteiger charge is -2.21. The number of ether oxygens (including phenoxy) is 1. The molecule has 0 radical (unpaired) electrons. The number of nitrogens with one attached hydrogen (secondary N) is 2. The number of pyridine rings is 1. The van der Waals surface area contributed by atoms with Crippen LogP contribution in [0.1, 0.15) is 31.1 Å². The van der Waals surface area contributed by atoms with Gasteiger partial charge in [-0.1, -0.05) is 6.58 Å². The highest BCUT2D eigenvalue weighted by atomic mass is 16.5. The van der Waals surface area contributed by atoms with Crippen LogP contribution in [0.4, 0.5) is 5.82 Å². The molecule has 0 aromatic carbocycles. The first kappa shape index (κ1) is 15.4. The van der Waals surface area contributed by atoms with Crippen molar-refractivity contribution in [2.45, 2.75) is 26.0 Å². The van der Waals surface area contributed by atoms with E-state index in [1.165, 1.54) is 0 Å². The van der Waals surface area contributed by atoms with Gasteiger partial charge in [-0.2, -0.15) is 5.10 Å². The maximum Gasteiger partial charge on any atom is 0.166 e. The van der Waals surface area contributed by atoms with Crippen LogP contribution in [0.25, 0.3) is 11.3 Å². The van der Waals surface area contributed by atoms with Gasteiger partial charge < -0.3 is 15.4 Å². The van der Waals surface area contributed by atoms with Gasteiger partial charge in [-0.15, -0.1) is 0 Å². The topological polar surface area (TPSA) is 76.4 Å². The summed E-state index contributed by atoms with van der Waals surface area (Å²) < 4.78 is 7.83. The minimum Gasteiger partial charge on any atom is -0.487 e. The molecule has 3 aromatic heterocycles. The summed E-state index contributed by atoms with van der Waals surface area (Å²) in [4.78, 5) is 9.19. The first-order chi connectivity index (χ1) is 12.1. The first-order valence-electron chi connectivity index (χ1n) is 8.27. The third-order valence-electron chi connectivity index (χ3n) is 4.20. The molecular formula is C18H20N6O. The third kappa shape index (κ3) is 2.88. The van der Waals surface area contributed by atoms with E-state index in [9.17, 15) is 0 Å². The molecule has 0 aliphatic carbocycles. The summed E-state index contributed by atoms with van der Waals surface area (Å²) in [6.07, 6.45) is 5.38. The van der Waals surface area contributed by atoms with Gasteiger partial charge in [0.25, 0.3) is 0 Å². The highest BCUT2D eigenvalue weighted by Crippen LogP contribution is 2.27. The van der Waals surface area contributed by atoms with Crippen LogP contribution in [0.15, 0.2) is 43.4 Å². The van der Waals surface area contributed by atoms with Crippen LogP contribution >= 0.6 is 0 Å². The van der Waals surface area contributed by atoms with E-state index in [-0.39, 0.29) is 12.1 Å².